The molecule has 1 fully saturated rings. The van der Waals surface area contributed by atoms with E-state index in [9.17, 15) is 0 Å². The van der Waals surface area contributed by atoms with Crippen LogP contribution >= 0.6 is 11.6 Å². The molecule has 0 aromatic heterocycles. The number of ether oxygens (including phenoxy) is 1. The Balaban J connectivity index is 1.93. The van der Waals surface area contributed by atoms with Gasteiger partial charge in [-0.3, -0.25) is 0 Å². The highest BCUT2D eigenvalue weighted by Crippen LogP contribution is 2.28. The Morgan fingerprint density at radius 2 is 2.00 bits per heavy atom. The van der Waals surface area contributed by atoms with E-state index in [1.54, 1.807) is 0 Å². The third kappa shape index (κ3) is 4.33. The molecule has 1 saturated heterocycles. The lowest BCUT2D eigenvalue weighted by Crippen LogP contribution is -2.07. The van der Waals surface area contributed by atoms with Crippen LogP contribution < -0.4 is 0 Å². The van der Waals surface area contributed by atoms with Gasteiger partial charge in [0.15, 0.2) is 0 Å². The molecular weight excluding hydrogens is 184 g/mol. The fourth-order valence-corrected chi connectivity index (χ4v) is 2.23. The van der Waals surface area contributed by atoms with Gasteiger partial charge in [0.05, 0.1) is 0 Å². The molecule has 1 nitrogen and oxygen atoms in total. The van der Waals surface area contributed by atoms with Crippen molar-refractivity contribution in [1.29, 1.82) is 0 Å². The standard InChI is InChI=1S/C11H21ClO/c1-2-3-4-5-6-7-10-8-9-13-11(10)12/h10-11H,2-9H2,1H3. The lowest BCUT2D eigenvalue weighted by Gasteiger charge is -2.11. The van der Waals surface area contributed by atoms with Crippen LogP contribution in [0.3, 0.4) is 0 Å². The van der Waals surface area contributed by atoms with Gasteiger partial charge in [0.25, 0.3) is 0 Å². The predicted molar refractivity (Wildman–Crippen MR) is 57.1 cm³/mol. The molecule has 1 rings (SSSR count). The van der Waals surface area contributed by atoms with E-state index in [-0.39, 0.29) is 5.56 Å². The minimum absolute atomic E-state index is 0.00572. The second-order valence-electron chi connectivity index (χ2n) is 3.97. The van der Waals surface area contributed by atoms with Crippen molar-refractivity contribution in [3.63, 3.8) is 0 Å². The highest BCUT2D eigenvalue weighted by Gasteiger charge is 2.25. The summed E-state index contributed by atoms with van der Waals surface area (Å²) >= 11 is 6.00. The number of unbranched alkanes of at least 4 members (excludes halogenated alkanes) is 4. The molecular formula is C11H21ClO. The molecule has 2 heteroatoms. The minimum atomic E-state index is 0.00572. The molecule has 78 valence electrons. The van der Waals surface area contributed by atoms with Gasteiger partial charge in [-0.15, -0.1) is 0 Å². The first-order valence-electron chi connectivity index (χ1n) is 5.60. The maximum atomic E-state index is 6.00. The molecule has 0 bridgehead atoms. The summed E-state index contributed by atoms with van der Waals surface area (Å²) in [7, 11) is 0. The molecule has 0 N–H and O–H groups in total. The van der Waals surface area contributed by atoms with Crippen LogP contribution in [0, 0.1) is 5.92 Å². The number of alkyl halides is 1. The summed E-state index contributed by atoms with van der Waals surface area (Å²) < 4.78 is 5.31. The SMILES string of the molecule is CCCCCCCC1CCOC1Cl. The smallest absolute Gasteiger partial charge is 0.134 e. The summed E-state index contributed by atoms with van der Waals surface area (Å²) in [4.78, 5) is 0. The predicted octanol–water partition coefficient (Wildman–Crippen LogP) is 3.95. The first-order chi connectivity index (χ1) is 6.34. The summed E-state index contributed by atoms with van der Waals surface area (Å²) in [5, 5.41) is 0. The molecule has 0 spiro atoms. The fourth-order valence-electron chi connectivity index (χ4n) is 1.88. The Bertz CT molecular complexity index is 127. The van der Waals surface area contributed by atoms with Gasteiger partial charge in [0.2, 0.25) is 0 Å². The largest absolute Gasteiger partial charge is 0.362 e. The first-order valence-corrected chi connectivity index (χ1v) is 6.04. The molecule has 1 heterocycles. The molecule has 0 aromatic rings. The zero-order chi connectivity index (χ0) is 9.52. The summed E-state index contributed by atoms with van der Waals surface area (Å²) in [5.41, 5.74) is 0.00572. The van der Waals surface area contributed by atoms with Crippen molar-refractivity contribution in [2.24, 2.45) is 5.92 Å². The van der Waals surface area contributed by atoms with E-state index in [2.05, 4.69) is 6.92 Å². The Hall–Kier alpha value is 0.250. The third-order valence-corrected chi connectivity index (χ3v) is 3.30. The lowest BCUT2D eigenvalue weighted by atomic mass is 10.00. The van der Waals surface area contributed by atoms with E-state index in [4.69, 9.17) is 16.3 Å². The molecule has 0 radical (unpaired) electrons. The average Bonchev–Trinajstić information content (AvgIpc) is 2.52. The molecule has 0 saturated carbocycles. The van der Waals surface area contributed by atoms with Crippen LogP contribution in [0.1, 0.15) is 51.9 Å². The summed E-state index contributed by atoms with van der Waals surface area (Å²) in [6, 6.07) is 0. The number of hydrogen-bond acceptors (Lipinski definition) is 1. The van der Waals surface area contributed by atoms with E-state index in [0.717, 1.165) is 6.61 Å². The zero-order valence-electron chi connectivity index (χ0n) is 8.60. The van der Waals surface area contributed by atoms with Crippen LogP contribution in [-0.4, -0.2) is 12.2 Å². The monoisotopic (exact) mass is 204 g/mol. The molecule has 0 aliphatic carbocycles. The summed E-state index contributed by atoms with van der Waals surface area (Å²) in [6.07, 6.45) is 9.22. The zero-order valence-corrected chi connectivity index (χ0v) is 9.35. The quantitative estimate of drug-likeness (QED) is 0.470. The van der Waals surface area contributed by atoms with E-state index in [1.807, 2.05) is 0 Å². The molecule has 0 amide bonds. The topological polar surface area (TPSA) is 9.23 Å². The van der Waals surface area contributed by atoms with Gasteiger partial charge in [-0.2, -0.15) is 0 Å². The van der Waals surface area contributed by atoms with Crippen molar-refractivity contribution in [1.82, 2.24) is 0 Å². The second-order valence-corrected chi connectivity index (χ2v) is 4.40. The van der Waals surface area contributed by atoms with Crippen LogP contribution in [0.2, 0.25) is 0 Å². The second kappa shape index (κ2) is 6.67. The van der Waals surface area contributed by atoms with Crippen molar-refractivity contribution in [3.05, 3.63) is 0 Å². The third-order valence-electron chi connectivity index (χ3n) is 2.81. The lowest BCUT2D eigenvalue weighted by molar-refractivity contribution is 0.150. The maximum absolute atomic E-state index is 6.00. The highest BCUT2D eigenvalue weighted by atomic mass is 35.5. The Labute approximate surface area is 86.8 Å². The van der Waals surface area contributed by atoms with Crippen LogP contribution in [0.15, 0.2) is 0 Å². The van der Waals surface area contributed by atoms with Crippen LogP contribution in [-0.2, 0) is 4.74 Å². The molecule has 0 aromatic carbocycles. The van der Waals surface area contributed by atoms with Gasteiger partial charge in [-0.1, -0.05) is 50.6 Å². The molecule has 2 atom stereocenters. The molecule has 1 aliphatic heterocycles. The van der Waals surface area contributed by atoms with Crippen molar-refractivity contribution < 1.29 is 4.74 Å². The van der Waals surface area contributed by atoms with Crippen molar-refractivity contribution in [3.8, 4) is 0 Å². The van der Waals surface area contributed by atoms with Gasteiger partial charge in [-0.05, 0) is 12.8 Å². The fraction of sp³-hybridized carbons (Fsp3) is 1.00. The Morgan fingerprint density at radius 3 is 2.62 bits per heavy atom. The molecule has 2 unspecified atom stereocenters. The first kappa shape index (κ1) is 11.3. The van der Waals surface area contributed by atoms with E-state index in [0.29, 0.717) is 5.92 Å². The van der Waals surface area contributed by atoms with Crippen molar-refractivity contribution in [2.45, 2.75) is 57.4 Å². The minimum Gasteiger partial charge on any atom is -0.362 e. The van der Waals surface area contributed by atoms with E-state index >= 15 is 0 Å². The molecule has 1 aliphatic rings. The maximum Gasteiger partial charge on any atom is 0.134 e. The van der Waals surface area contributed by atoms with Gasteiger partial charge < -0.3 is 4.74 Å². The summed E-state index contributed by atoms with van der Waals surface area (Å²) in [6.45, 7) is 3.12. The Morgan fingerprint density at radius 1 is 1.23 bits per heavy atom. The average molecular weight is 205 g/mol. The van der Waals surface area contributed by atoms with Gasteiger partial charge in [0, 0.05) is 12.5 Å². The Kier molecular flexibility index (Phi) is 5.81. The van der Waals surface area contributed by atoms with Crippen LogP contribution in [0.4, 0.5) is 0 Å². The highest BCUT2D eigenvalue weighted by molar-refractivity contribution is 6.20. The number of hydrogen-bond donors (Lipinski definition) is 0. The van der Waals surface area contributed by atoms with E-state index < -0.39 is 0 Å². The van der Waals surface area contributed by atoms with Crippen LogP contribution in [0.25, 0.3) is 0 Å². The van der Waals surface area contributed by atoms with Gasteiger partial charge in [0.1, 0.15) is 5.56 Å². The number of rotatable bonds is 6. The van der Waals surface area contributed by atoms with Gasteiger partial charge >= 0.3 is 0 Å². The normalized spacial score (nSPS) is 28.2. The van der Waals surface area contributed by atoms with Crippen molar-refractivity contribution in [2.75, 3.05) is 6.61 Å². The van der Waals surface area contributed by atoms with E-state index in [1.165, 1.54) is 44.9 Å². The van der Waals surface area contributed by atoms with Gasteiger partial charge in [-0.25, -0.2) is 0 Å². The van der Waals surface area contributed by atoms with Crippen LogP contribution in [0.5, 0.6) is 0 Å². The van der Waals surface area contributed by atoms with Crippen molar-refractivity contribution >= 4 is 11.6 Å². The summed E-state index contributed by atoms with van der Waals surface area (Å²) in [5.74, 6) is 0.628. The molecule has 13 heavy (non-hydrogen) atoms. The number of halogens is 1.